The minimum absolute atomic E-state index is 0. The molecule has 0 atom stereocenters. The van der Waals surface area contributed by atoms with Crippen LogP contribution < -0.4 is 11.1 Å². The van der Waals surface area contributed by atoms with E-state index in [1.807, 2.05) is 36.4 Å². The van der Waals surface area contributed by atoms with E-state index in [2.05, 4.69) is 23.5 Å². The quantitative estimate of drug-likeness (QED) is 0.497. The van der Waals surface area contributed by atoms with Gasteiger partial charge in [0.05, 0.1) is 0 Å². The first-order chi connectivity index (χ1) is 10.6. The van der Waals surface area contributed by atoms with Gasteiger partial charge in [0.1, 0.15) is 0 Å². The number of hydrogen-bond donors (Lipinski definition) is 3. The smallest absolute Gasteiger partial charge is 0.257 e. The fourth-order valence-electron chi connectivity index (χ4n) is 2.50. The van der Waals surface area contributed by atoms with Gasteiger partial charge < -0.3 is 5.73 Å². The van der Waals surface area contributed by atoms with Gasteiger partial charge in [-0.1, -0.05) is 54.6 Å². The Balaban J connectivity index is 0.00000192. The normalized spacial score (nSPS) is 9.91. The van der Waals surface area contributed by atoms with Crippen molar-refractivity contribution in [1.29, 1.82) is 5.41 Å². The highest BCUT2D eigenvalue weighted by atomic mass is 35.5. The van der Waals surface area contributed by atoms with Gasteiger partial charge in [-0.25, -0.2) is 0 Å². The molecular weight excluding hydrogens is 310 g/mol. The summed E-state index contributed by atoms with van der Waals surface area (Å²) in [7, 11) is 0. The van der Waals surface area contributed by atoms with Gasteiger partial charge >= 0.3 is 0 Å². The van der Waals surface area contributed by atoms with Gasteiger partial charge in [0.15, 0.2) is 5.96 Å². The minimum atomic E-state index is -0.380. The zero-order valence-corrected chi connectivity index (χ0v) is 13.1. The van der Waals surface area contributed by atoms with E-state index in [9.17, 15) is 4.79 Å². The maximum absolute atomic E-state index is 12.0. The van der Waals surface area contributed by atoms with Crippen LogP contribution in [0, 0.1) is 5.41 Å². The molecule has 0 radical (unpaired) electrons. The zero-order chi connectivity index (χ0) is 15.5. The molecule has 5 heteroatoms. The van der Waals surface area contributed by atoms with Crippen molar-refractivity contribution in [2.24, 2.45) is 5.73 Å². The lowest BCUT2D eigenvalue weighted by Crippen LogP contribution is -2.35. The second kappa shape index (κ2) is 6.94. The average Bonchev–Trinajstić information content (AvgIpc) is 2.54. The molecule has 0 aliphatic carbocycles. The van der Waals surface area contributed by atoms with E-state index in [0.29, 0.717) is 5.56 Å². The summed E-state index contributed by atoms with van der Waals surface area (Å²) in [5.74, 6) is -0.741. The molecule has 23 heavy (non-hydrogen) atoms. The maximum atomic E-state index is 12.0. The van der Waals surface area contributed by atoms with Crippen LogP contribution in [0.15, 0.2) is 66.7 Å². The molecule has 0 aliphatic heterocycles. The van der Waals surface area contributed by atoms with E-state index in [1.54, 1.807) is 12.1 Å². The Labute approximate surface area is 140 Å². The Bertz CT molecular complexity index is 872. The summed E-state index contributed by atoms with van der Waals surface area (Å²) in [6, 6.07) is 21.5. The van der Waals surface area contributed by atoms with Gasteiger partial charge in [-0.15, -0.1) is 12.4 Å². The van der Waals surface area contributed by atoms with E-state index in [4.69, 9.17) is 11.1 Å². The highest BCUT2D eigenvalue weighted by molar-refractivity contribution is 6.05. The first kappa shape index (κ1) is 16.5. The molecule has 3 aromatic rings. The number of guanidine groups is 1. The number of halogens is 1. The lowest BCUT2D eigenvalue weighted by molar-refractivity contribution is 0.0976. The largest absolute Gasteiger partial charge is 0.370 e. The topological polar surface area (TPSA) is 79.0 Å². The fraction of sp³-hybridized carbons (Fsp3) is 0. The maximum Gasteiger partial charge on any atom is 0.257 e. The van der Waals surface area contributed by atoms with Gasteiger partial charge in [-0.2, -0.15) is 0 Å². The van der Waals surface area contributed by atoms with Crippen LogP contribution in [0.2, 0.25) is 0 Å². The fourth-order valence-corrected chi connectivity index (χ4v) is 2.50. The van der Waals surface area contributed by atoms with Crippen LogP contribution in [0.5, 0.6) is 0 Å². The Morgan fingerprint density at radius 1 is 0.957 bits per heavy atom. The van der Waals surface area contributed by atoms with E-state index in [0.717, 1.165) is 21.9 Å². The van der Waals surface area contributed by atoms with Crippen molar-refractivity contribution in [3.8, 4) is 11.1 Å². The SMILES string of the molecule is Cl.N=C(N)NC(=O)c1cccc(-c2cccc3ccccc23)c1. The van der Waals surface area contributed by atoms with Crippen LogP contribution in [0.4, 0.5) is 0 Å². The van der Waals surface area contributed by atoms with E-state index in [-0.39, 0.29) is 24.3 Å². The van der Waals surface area contributed by atoms with Crippen LogP contribution in [0.3, 0.4) is 0 Å². The summed E-state index contributed by atoms with van der Waals surface area (Å²) in [6.45, 7) is 0. The first-order valence-corrected chi connectivity index (χ1v) is 6.89. The number of nitrogens with one attached hydrogen (secondary N) is 2. The molecule has 3 rings (SSSR count). The molecule has 0 spiro atoms. The molecule has 0 fully saturated rings. The monoisotopic (exact) mass is 325 g/mol. The molecule has 4 nitrogen and oxygen atoms in total. The van der Waals surface area contributed by atoms with Gasteiger partial charge in [0.2, 0.25) is 0 Å². The summed E-state index contributed by atoms with van der Waals surface area (Å²) in [4.78, 5) is 12.0. The third kappa shape index (κ3) is 3.49. The van der Waals surface area contributed by atoms with Gasteiger partial charge in [-0.05, 0) is 34.0 Å². The molecular formula is C18H16ClN3O. The van der Waals surface area contributed by atoms with E-state index in [1.165, 1.54) is 0 Å². The first-order valence-electron chi connectivity index (χ1n) is 6.89. The number of carbonyl (C=O) groups excluding carboxylic acids is 1. The summed E-state index contributed by atoms with van der Waals surface area (Å²) in [6.07, 6.45) is 0. The molecule has 1 amide bonds. The number of rotatable bonds is 2. The number of hydrogen-bond acceptors (Lipinski definition) is 2. The number of amides is 1. The minimum Gasteiger partial charge on any atom is -0.370 e. The highest BCUT2D eigenvalue weighted by Gasteiger charge is 2.09. The van der Waals surface area contributed by atoms with Crippen molar-refractivity contribution < 1.29 is 4.79 Å². The van der Waals surface area contributed by atoms with Crippen LogP contribution >= 0.6 is 12.4 Å². The summed E-state index contributed by atoms with van der Waals surface area (Å²) in [5, 5.41) is 11.7. The molecule has 3 aromatic carbocycles. The Morgan fingerprint density at radius 2 is 1.65 bits per heavy atom. The highest BCUT2D eigenvalue weighted by Crippen LogP contribution is 2.28. The molecule has 0 unspecified atom stereocenters. The van der Waals surface area contributed by atoms with Crippen molar-refractivity contribution in [1.82, 2.24) is 5.32 Å². The van der Waals surface area contributed by atoms with Crippen LogP contribution in [-0.2, 0) is 0 Å². The molecule has 0 aliphatic rings. The average molecular weight is 326 g/mol. The second-order valence-corrected chi connectivity index (χ2v) is 4.98. The number of nitrogens with two attached hydrogens (primary N) is 1. The van der Waals surface area contributed by atoms with Crippen molar-refractivity contribution >= 4 is 35.0 Å². The van der Waals surface area contributed by atoms with Gasteiger partial charge in [0, 0.05) is 5.56 Å². The molecule has 0 bridgehead atoms. The predicted molar refractivity (Wildman–Crippen MR) is 96.0 cm³/mol. The molecule has 116 valence electrons. The molecule has 0 saturated carbocycles. The molecule has 0 aromatic heterocycles. The number of fused-ring (bicyclic) bond motifs is 1. The van der Waals surface area contributed by atoms with Gasteiger partial charge in [0.25, 0.3) is 5.91 Å². The Morgan fingerprint density at radius 3 is 2.43 bits per heavy atom. The van der Waals surface area contributed by atoms with Crippen LogP contribution in [0.25, 0.3) is 21.9 Å². The van der Waals surface area contributed by atoms with Crippen LogP contribution in [0.1, 0.15) is 10.4 Å². The molecule has 0 saturated heterocycles. The predicted octanol–water partition coefficient (Wildman–Crippen LogP) is 3.55. The van der Waals surface area contributed by atoms with Crippen molar-refractivity contribution in [2.75, 3.05) is 0 Å². The second-order valence-electron chi connectivity index (χ2n) is 4.98. The third-order valence-corrected chi connectivity index (χ3v) is 3.47. The van der Waals surface area contributed by atoms with E-state index >= 15 is 0 Å². The summed E-state index contributed by atoms with van der Waals surface area (Å²) in [5.41, 5.74) is 7.70. The van der Waals surface area contributed by atoms with Crippen LogP contribution in [-0.4, -0.2) is 11.9 Å². The standard InChI is InChI=1S/C18H15N3O.ClH/c19-18(20)21-17(22)14-8-3-7-13(11-14)16-10-4-6-12-5-1-2-9-15(12)16;/h1-11H,(H4,19,20,21,22);1H. The Kier molecular flexibility index (Phi) is 4.98. The summed E-state index contributed by atoms with van der Waals surface area (Å²) >= 11 is 0. The summed E-state index contributed by atoms with van der Waals surface area (Å²) < 4.78 is 0. The zero-order valence-electron chi connectivity index (χ0n) is 12.2. The number of carbonyl (C=O) groups is 1. The third-order valence-electron chi connectivity index (χ3n) is 3.47. The van der Waals surface area contributed by atoms with Crippen molar-refractivity contribution in [3.63, 3.8) is 0 Å². The molecule has 0 heterocycles. The van der Waals surface area contributed by atoms with Crippen molar-refractivity contribution in [2.45, 2.75) is 0 Å². The van der Waals surface area contributed by atoms with Crippen molar-refractivity contribution in [3.05, 3.63) is 72.3 Å². The lowest BCUT2D eigenvalue weighted by Gasteiger charge is -2.09. The lowest BCUT2D eigenvalue weighted by atomic mass is 9.97. The Hall–Kier alpha value is -2.85. The molecule has 4 N–H and O–H groups in total. The van der Waals surface area contributed by atoms with E-state index < -0.39 is 0 Å². The van der Waals surface area contributed by atoms with Gasteiger partial charge in [-0.3, -0.25) is 15.5 Å². The number of benzene rings is 3.